The van der Waals surface area contributed by atoms with Gasteiger partial charge in [-0.25, -0.2) is 25.2 Å². The van der Waals surface area contributed by atoms with Crippen LogP contribution >= 0.6 is 0 Å². The van der Waals surface area contributed by atoms with Crippen LogP contribution in [0, 0.1) is 0 Å². The van der Waals surface area contributed by atoms with E-state index in [1.165, 1.54) is 0 Å². The summed E-state index contributed by atoms with van der Waals surface area (Å²) < 4.78 is 92.8. The second kappa shape index (κ2) is 6.91. The first kappa shape index (κ1) is 16.9. The molecule has 0 amide bonds. The number of halogens is 3. The third-order valence-electron chi connectivity index (χ3n) is 0.385. The fourth-order valence-corrected chi connectivity index (χ4v) is 0.530. The maximum absolute atomic E-state index is 9.67. The lowest BCUT2D eigenvalue weighted by atomic mass is 11.6. The molecule has 0 aliphatic carbocycles. The summed E-state index contributed by atoms with van der Waals surface area (Å²) in [6.07, 6.45) is 0. The third kappa shape index (κ3) is 31.7. The molecule has 94 valence electrons. The minimum atomic E-state index is -5.02. The Hall–Kier alpha value is -0.470. The monoisotopic (exact) mass is 276 g/mol. The Kier molecular flexibility index (Phi) is 7.81. The van der Waals surface area contributed by atoms with Crippen molar-refractivity contribution in [3.63, 3.8) is 0 Å². The minimum absolute atomic E-state index is 1.43. The van der Waals surface area contributed by atoms with Gasteiger partial charge in [-0.15, -0.1) is 0 Å². The SMILES string of the molecule is FC(F)F.O=S(=O)([O-])OCOS(=O)(=O)[O-]. The van der Waals surface area contributed by atoms with Crippen LogP contribution in [0.3, 0.4) is 0 Å². The molecule has 0 bridgehead atoms. The van der Waals surface area contributed by atoms with Gasteiger partial charge in [-0.05, 0) is 0 Å². The number of rotatable bonds is 4. The van der Waals surface area contributed by atoms with E-state index in [9.17, 15) is 39.1 Å². The Morgan fingerprint density at radius 3 is 1.27 bits per heavy atom. The fourth-order valence-electron chi connectivity index (χ4n) is 0.137. The van der Waals surface area contributed by atoms with Crippen LogP contribution in [0.2, 0.25) is 0 Å². The molecule has 0 spiro atoms. The van der Waals surface area contributed by atoms with Gasteiger partial charge in [0.15, 0.2) is 6.79 Å². The number of alkyl halides is 3. The zero-order chi connectivity index (χ0) is 12.7. The van der Waals surface area contributed by atoms with Crippen molar-refractivity contribution in [2.75, 3.05) is 6.79 Å². The molecule has 8 nitrogen and oxygen atoms in total. The Bertz CT molecular complexity index is 309. The average Bonchev–Trinajstić information content (AvgIpc) is 1.77. The summed E-state index contributed by atoms with van der Waals surface area (Å²) in [7, 11) is -10.0. The lowest BCUT2D eigenvalue weighted by molar-refractivity contribution is 0.00817. The highest BCUT2D eigenvalue weighted by Gasteiger charge is 1.97. The molecule has 0 aromatic heterocycles. The van der Waals surface area contributed by atoms with Gasteiger partial charge in [0.1, 0.15) is 0 Å². The normalized spacial score (nSPS) is 12.1. The van der Waals surface area contributed by atoms with E-state index < -0.39 is 34.3 Å². The van der Waals surface area contributed by atoms with Crippen molar-refractivity contribution in [1.82, 2.24) is 0 Å². The molecule has 0 aliphatic rings. The van der Waals surface area contributed by atoms with E-state index in [-0.39, 0.29) is 0 Å². The largest absolute Gasteiger partial charge is 0.725 e. The molecule has 0 saturated heterocycles. The molecule has 13 heteroatoms. The van der Waals surface area contributed by atoms with E-state index in [0.717, 1.165) is 0 Å². The first-order valence-corrected chi connectivity index (χ1v) is 5.23. The summed E-state index contributed by atoms with van der Waals surface area (Å²) in [5, 5.41) is 0. The van der Waals surface area contributed by atoms with E-state index in [2.05, 4.69) is 8.37 Å². The standard InChI is InChI=1S/CHF3.CH4O8S2/c2-1(3)4;2-10(3,4)8-1-9-11(5,6)7/h1H;1H2,(H,2,3,4)(H,5,6,7)/p-2. The maximum Gasteiger partial charge on any atom is 0.379 e. The Balaban J connectivity index is 0. The summed E-state index contributed by atoms with van der Waals surface area (Å²) in [5.74, 6) is 0. The summed E-state index contributed by atoms with van der Waals surface area (Å²) in [5.41, 5.74) is 0. The molecule has 0 saturated carbocycles. The van der Waals surface area contributed by atoms with Gasteiger partial charge < -0.3 is 9.11 Å². The van der Waals surface area contributed by atoms with Crippen LogP contribution in [0.5, 0.6) is 0 Å². The fraction of sp³-hybridized carbons (Fsp3) is 1.00. The van der Waals surface area contributed by atoms with Gasteiger partial charge in [0.05, 0.1) is 0 Å². The Morgan fingerprint density at radius 2 is 1.13 bits per heavy atom. The lowest BCUT2D eigenvalue weighted by Crippen LogP contribution is -2.12. The Labute approximate surface area is 82.5 Å². The van der Waals surface area contributed by atoms with E-state index in [1.54, 1.807) is 0 Å². The van der Waals surface area contributed by atoms with Gasteiger partial charge in [0.25, 0.3) is 0 Å². The Morgan fingerprint density at radius 1 is 0.933 bits per heavy atom. The predicted molar refractivity (Wildman–Crippen MR) is 33.5 cm³/mol. The van der Waals surface area contributed by atoms with Crippen LogP contribution in [0.15, 0.2) is 0 Å². The molecular formula is C2H3F3O8S2-2. The summed E-state index contributed by atoms with van der Waals surface area (Å²) >= 11 is 0. The molecule has 0 aromatic rings. The van der Waals surface area contributed by atoms with E-state index >= 15 is 0 Å². The van der Waals surface area contributed by atoms with Crippen molar-refractivity contribution < 1.29 is 47.5 Å². The highest BCUT2D eigenvalue weighted by Crippen LogP contribution is 1.90. The second-order valence-corrected chi connectivity index (χ2v) is 3.52. The van der Waals surface area contributed by atoms with Crippen molar-refractivity contribution >= 4 is 20.8 Å². The average molecular weight is 276 g/mol. The molecule has 0 radical (unpaired) electrons. The smallest absolute Gasteiger partial charge is 0.379 e. The van der Waals surface area contributed by atoms with Crippen LogP contribution in [-0.2, 0) is 29.2 Å². The topological polar surface area (TPSA) is 133 Å². The van der Waals surface area contributed by atoms with Gasteiger partial charge in [-0.3, -0.25) is 0 Å². The van der Waals surface area contributed by atoms with Crippen molar-refractivity contribution in [3.05, 3.63) is 0 Å². The lowest BCUT2D eigenvalue weighted by Gasteiger charge is -2.09. The molecule has 0 unspecified atom stereocenters. The summed E-state index contributed by atoms with van der Waals surface area (Å²) in [4.78, 5) is 0. The molecule has 0 N–H and O–H groups in total. The van der Waals surface area contributed by atoms with E-state index in [4.69, 9.17) is 0 Å². The van der Waals surface area contributed by atoms with Gasteiger partial charge >= 0.3 is 6.68 Å². The second-order valence-electron chi connectivity index (χ2n) is 1.42. The highest BCUT2D eigenvalue weighted by atomic mass is 32.3. The van der Waals surface area contributed by atoms with E-state index in [0.29, 0.717) is 0 Å². The van der Waals surface area contributed by atoms with Gasteiger partial charge in [0.2, 0.25) is 20.8 Å². The summed E-state index contributed by atoms with van der Waals surface area (Å²) in [6, 6.07) is 0. The third-order valence-corrected chi connectivity index (χ3v) is 1.15. The zero-order valence-corrected chi connectivity index (χ0v) is 8.13. The van der Waals surface area contributed by atoms with Crippen LogP contribution in [-0.4, -0.2) is 39.4 Å². The molecule has 15 heavy (non-hydrogen) atoms. The van der Waals surface area contributed by atoms with Crippen molar-refractivity contribution in [2.24, 2.45) is 0 Å². The van der Waals surface area contributed by atoms with Gasteiger partial charge in [-0.1, -0.05) is 0 Å². The van der Waals surface area contributed by atoms with E-state index in [1.807, 2.05) is 0 Å². The quantitative estimate of drug-likeness (QED) is 0.365. The van der Waals surface area contributed by atoms with Gasteiger partial charge in [0, 0.05) is 0 Å². The first-order valence-electron chi connectivity index (χ1n) is 2.57. The van der Waals surface area contributed by atoms with Crippen LogP contribution in [0.4, 0.5) is 13.2 Å². The first-order chi connectivity index (χ1) is 6.44. The molecular weight excluding hydrogens is 273 g/mol. The number of hydrogen-bond acceptors (Lipinski definition) is 8. The van der Waals surface area contributed by atoms with Crippen molar-refractivity contribution in [1.29, 1.82) is 0 Å². The summed E-state index contributed by atoms with van der Waals surface area (Å²) in [6.45, 7) is -5.10. The zero-order valence-electron chi connectivity index (χ0n) is 6.50. The van der Waals surface area contributed by atoms with Gasteiger partial charge in [-0.2, -0.15) is 13.2 Å². The van der Waals surface area contributed by atoms with Crippen LogP contribution in [0.1, 0.15) is 0 Å². The van der Waals surface area contributed by atoms with Crippen LogP contribution < -0.4 is 0 Å². The molecule has 0 aromatic carbocycles. The predicted octanol–water partition coefficient (Wildman–Crippen LogP) is -0.924. The molecule has 0 fully saturated rings. The van der Waals surface area contributed by atoms with Crippen LogP contribution in [0.25, 0.3) is 0 Å². The van der Waals surface area contributed by atoms with Crippen molar-refractivity contribution in [3.8, 4) is 0 Å². The highest BCUT2D eigenvalue weighted by molar-refractivity contribution is 7.81. The molecule has 0 rings (SSSR count). The number of hydrogen-bond donors (Lipinski definition) is 0. The van der Waals surface area contributed by atoms with Crippen molar-refractivity contribution in [2.45, 2.75) is 6.68 Å². The minimum Gasteiger partial charge on any atom is -0.725 e. The molecule has 0 aliphatic heterocycles. The maximum atomic E-state index is 9.67. The molecule has 0 atom stereocenters. The molecule has 0 heterocycles.